The van der Waals surface area contributed by atoms with Crippen molar-refractivity contribution in [3.8, 4) is 0 Å². The standard InChI is InChI=1S/C8H15N3/c1-4-9-8-7-10(2)5-6-11(8)3/h4H,1,5-7H2,2-3H3/b9-8-. The van der Waals surface area contributed by atoms with Crippen LogP contribution in [0.1, 0.15) is 0 Å². The molecule has 3 nitrogen and oxygen atoms in total. The summed E-state index contributed by atoms with van der Waals surface area (Å²) in [6.45, 7) is 6.69. The third kappa shape index (κ3) is 2.05. The summed E-state index contributed by atoms with van der Waals surface area (Å²) in [6.07, 6.45) is 1.60. The molecule has 11 heavy (non-hydrogen) atoms. The molecule has 0 saturated carbocycles. The van der Waals surface area contributed by atoms with Crippen LogP contribution in [0.25, 0.3) is 0 Å². The maximum atomic E-state index is 4.18. The summed E-state index contributed by atoms with van der Waals surface area (Å²) in [6, 6.07) is 0. The quantitative estimate of drug-likeness (QED) is 0.543. The van der Waals surface area contributed by atoms with Crippen LogP contribution in [-0.4, -0.2) is 49.4 Å². The SMILES string of the molecule is C=C/N=C1/CN(C)CCN1C. The molecule has 0 aliphatic carbocycles. The Balaban J connectivity index is 2.61. The van der Waals surface area contributed by atoms with Crippen molar-refractivity contribution in [2.75, 3.05) is 33.7 Å². The first-order valence-corrected chi connectivity index (χ1v) is 3.81. The molecule has 0 N–H and O–H groups in total. The summed E-state index contributed by atoms with van der Waals surface area (Å²) >= 11 is 0. The first kappa shape index (κ1) is 8.27. The molecule has 0 unspecified atom stereocenters. The molecule has 1 aliphatic rings. The van der Waals surface area contributed by atoms with Crippen LogP contribution in [0.15, 0.2) is 17.8 Å². The average molecular weight is 153 g/mol. The lowest BCUT2D eigenvalue weighted by Gasteiger charge is -2.31. The summed E-state index contributed by atoms with van der Waals surface area (Å²) < 4.78 is 0. The Morgan fingerprint density at radius 1 is 1.45 bits per heavy atom. The second-order valence-corrected chi connectivity index (χ2v) is 2.89. The van der Waals surface area contributed by atoms with Crippen molar-refractivity contribution in [1.29, 1.82) is 0 Å². The topological polar surface area (TPSA) is 18.8 Å². The Labute approximate surface area is 68.0 Å². The van der Waals surface area contributed by atoms with E-state index in [1.165, 1.54) is 0 Å². The molecular weight excluding hydrogens is 138 g/mol. The van der Waals surface area contributed by atoms with E-state index in [1.807, 2.05) is 0 Å². The molecule has 1 saturated heterocycles. The third-order valence-corrected chi connectivity index (χ3v) is 1.91. The second-order valence-electron chi connectivity index (χ2n) is 2.89. The van der Waals surface area contributed by atoms with Crippen LogP contribution in [0.4, 0.5) is 0 Å². The van der Waals surface area contributed by atoms with Crippen LogP contribution in [0, 0.1) is 0 Å². The lowest BCUT2D eigenvalue weighted by Crippen LogP contribution is -2.46. The summed E-state index contributed by atoms with van der Waals surface area (Å²) in [5.41, 5.74) is 0. The van der Waals surface area contributed by atoms with Gasteiger partial charge in [-0.3, -0.25) is 4.90 Å². The molecule has 0 bridgehead atoms. The average Bonchev–Trinajstić information content (AvgIpc) is 1.98. The van der Waals surface area contributed by atoms with Gasteiger partial charge in [-0.15, -0.1) is 0 Å². The van der Waals surface area contributed by atoms with Gasteiger partial charge < -0.3 is 4.90 Å². The van der Waals surface area contributed by atoms with Gasteiger partial charge in [0, 0.05) is 26.3 Å². The number of rotatable bonds is 1. The zero-order chi connectivity index (χ0) is 8.27. The highest BCUT2D eigenvalue weighted by Crippen LogP contribution is 1.99. The highest BCUT2D eigenvalue weighted by Gasteiger charge is 2.14. The predicted molar refractivity (Wildman–Crippen MR) is 47.8 cm³/mol. The fraction of sp³-hybridized carbons (Fsp3) is 0.625. The molecule has 1 fully saturated rings. The van der Waals surface area contributed by atoms with Crippen molar-refractivity contribution in [1.82, 2.24) is 9.80 Å². The zero-order valence-electron chi connectivity index (χ0n) is 7.25. The number of piperazine rings is 1. The minimum absolute atomic E-state index is 0.933. The maximum Gasteiger partial charge on any atom is 0.118 e. The van der Waals surface area contributed by atoms with Crippen molar-refractivity contribution in [2.24, 2.45) is 4.99 Å². The highest BCUT2D eigenvalue weighted by molar-refractivity contribution is 5.85. The molecule has 62 valence electrons. The molecule has 0 aromatic heterocycles. The monoisotopic (exact) mass is 153 g/mol. The molecular formula is C8H15N3. The van der Waals surface area contributed by atoms with Gasteiger partial charge in [0.05, 0.1) is 6.54 Å². The smallest absolute Gasteiger partial charge is 0.118 e. The van der Waals surface area contributed by atoms with Crippen molar-refractivity contribution in [3.63, 3.8) is 0 Å². The Bertz CT molecular complexity index is 174. The first-order chi connectivity index (χ1) is 5.24. The number of aliphatic imine (C=N–C) groups is 1. The highest BCUT2D eigenvalue weighted by atomic mass is 15.3. The van der Waals surface area contributed by atoms with Crippen molar-refractivity contribution < 1.29 is 0 Å². The van der Waals surface area contributed by atoms with Crippen LogP contribution in [0.2, 0.25) is 0 Å². The van der Waals surface area contributed by atoms with Gasteiger partial charge in [-0.1, -0.05) is 6.58 Å². The van der Waals surface area contributed by atoms with Crippen LogP contribution in [0.5, 0.6) is 0 Å². The number of hydrogen-bond acceptors (Lipinski definition) is 2. The lowest BCUT2D eigenvalue weighted by molar-refractivity contribution is 0.289. The predicted octanol–water partition coefficient (Wildman–Crippen LogP) is 0.406. The summed E-state index contributed by atoms with van der Waals surface area (Å²) in [4.78, 5) is 8.60. The van der Waals surface area contributed by atoms with Gasteiger partial charge >= 0.3 is 0 Å². The Kier molecular flexibility index (Phi) is 2.65. The van der Waals surface area contributed by atoms with E-state index in [1.54, 1.807) is 6.20 Å². The number of amidine groups is 1. The molecule has 1 aliphatic heterocycles. The minimum atomic E-state index is 0.933. The van der Waals surface area contributed by atoms with Gasteiger partial charge in [0.1, 0.15) is 5.84 Å². The van der Waals surface area contributed by atoms with Crippen LogP contribution in [0.3, 0.4) is 0 Å². The second kappa shape index (κ2) is 3.53. The van der Waals surface area contributed by atoms with E-state index in [0.29, 0.717) is 0 Å². The van der Waals surface area contributed by atoms with E-state index < -0.39 is 0 Å². The maximum absolute atomic E-state index is 4.18. The fourth-order valence-corrected chi connectivity index (χ4v) is 1.14. The van der Waals surface area contributed by atoms with E-state index in [2.05, 4.69) is 35.5 Å². The van der Waals surface area contributed by atoms with Gasteiger partial charge in [-0.25, -0.2) is 4.99 Å². The minimum Gasteiger partial charge on any atom is -0.361 e. The molecule has 1 rings (SSSR count). The third-order valence-electron chi connectivity index (χ3n) is 1.91. The molecule has 3 heteroatoms. The normalized spacial score (nSPS) is 24.2. The Morgan fingerprint density at radius 2 is 2.18 bits per heavy atom. The zero-order valence-corrected chi connectivity index (χ0v) is 7.25. The van der Waals surface area contributed by atoms with Crippen molar-refractivity contribution in [3.05, 3.63) is 12.8 Å². The van der Waals surface area contributed by atoms with Crippen LogP contribution < -0.4 is 0 Å². The van der Waals surface area contributed by atoms with Crippen molar-refractivity contribution in [2.45, 2.75) is 0 Å². The lowest BCUT2D eigenvalue weighted by atomic mass is 10.3. The van der Waals surface area contributed by atoms with Crippen LogP contribution in [-0.2, 0) is 0 Å². The largest absolute Gasteiger partial charge is 0.361 e. The first-order valence-electron chi connectivity index (χ1n) is 3.81. The van der Waals surface area contributed by atoms with Gasteiger partial charge in [-0.2, -0.15) is 0 Å². The van der Waals surface area contributed by atoms with E-state index in [0.717, 1.165) is 25.5 Å². The summed E-state index contributed by atoms with van der Waals surface area (Å²) in [5.74, 6) is 1.11. The van der Waals surface area contributed by atoms with Crippen LogP contribution >= 0.6 is 0 Å². The molecule has 0 radical (unpaired) electrons. The van der Waals surface area contributed by atoms with Gasteiger partial charge in [0.25, 0.3) is 0 Å². The van der Waals surface area contributed by atoms with E-state index in [4.69, 9.17) is 0 Å². The van der Waals surface area contributed by atoms with Gasteiger partial charge in [-0.05, 0) is 7.05 Å². The van der Waals surface area contributed by atoms with Gasteiger partial charge in [0.2, 0.25) is 0 Å². The summed E-state index contributed by atoms with van der Waals surface area (Å²) in [5, 5.41) is 0. The van der Waals surface area contributed by atoms with Crippen molar-refractivity contribution >= 4 is 5.84 Å². The molecule has 0 aromatic carbocycles. The molecule has 0 aromatic rings. The molecule has 0 spiro atoms. The van der Waals surface area contributed by atoms with Gasteiger partial charge in [0.15, 0.2) is 0 Å². The van der Waals surface area contributed by atoms with E-state index >= 15 is 0 Å². The van der Waals surface area contributed by atoms with E-state index in [-0.39, 0.29) is 0 Å². The fourth-order valence-electron chi connectivity index (χ4n) is 1.14. The number of nitrogens with zero attached hydrogens (tertiary/aromatic N) is 3. The molecule has 1 heterocycles. The number of hydrogen-bond donors (Lipinski definition) is 0. The summed E-state index contributed by atoms with van der Waals surface area (Å²) in [7, 11) is 4.17. The Hall–Kier alpha value is -0.830. The molecule has 0 amide bonds. The number of likely N-dealkylation sites (N-methyl/N-ethyl adjacent to an activating group) is 2. The van der Waals surface area contributed by atoms with E-state index in [9.17, 15) is 0 Å². The Morgan fingerprint density at radius 3 is 2.82 bits per heavy atom. The molecule has 0 atom stereocenters.